The van der Waals surface area contributed by atoms with Crippen molar-refractivity contribution in [3.05, 3.63) is 41.1 Å². The Morgan fingerprint density at radius 2 is 2.10 bits per heavy atom. The lowest BCUT2D eigenvalue weighted by atomic mass is 10.0. The van der Waals surface area contributed by atoms with E-state index in [9.17, 15) is 13.5 Å². The molecular formula is C14H19N3O3S. The van der Waals surface area contributed by atoms with Gasteiger partial charge in [0.25, 0.3) is 10.0 Å². The molecule has 0 fully saturated rings. The standard InChI is InChI=1S/C14H19N3O3S/c1-9(2)11-5-4-6-12(7-11)17-21(19,20)14-13(8-18)10(3)15-16-14/h4-7,9,17-18H,8H2,1-3H3,(H,15,16). The quantitative estimate of drug-likeness (QED) is 0.788. The molecule has 0 bridgehead atoms. The molecular weight excluding hydrogens is 290 g/mol. The van der Waals surface area contributed by atoms with Gasteiger partial charge in [-0.3, -0.25) is 9.82 Å². The van der Waals surface area contributed by atoms with E-state index in [1.807, 2.05) is 19.9 Å². The summed E-state index contributed by atoms with van der Waals surface area (Å²) in [6.07, 6.45) is 0. The van der Waals surface area contributed by atoms with E-state index in [1.165, 1.54) is 0 Å². The molecule has 2 rings (SSSR count). The fourth-order valence-corrected chi connectivity index (χ4v) is 3.25. The fraction of sp³-hybridized carbons (Fsp3) is 0.357. The van der Waals surface area contributed by atoms with Gasteiger partial charge in [0.15, 0.2) is 0 Å². The summed E-state index contributed by atoms with van der Waals surface area (Å²) in [5.41, 5.74) is 2.33. The highest BCUT2D eigenvalue weighted by molar-refractivity contribution is 7.92. The van der Waals surface area contributed by atoms with Crippen molar-refractivity contribution in [1.82, 2.24) is 10.2 Å². The lowest BCUT2D eigenvalue weighted by molar-refractivity contribution is 0.277. The number of aliphatic hydroxyl groups is 1. The van der Waals surface area contributed by atoms with Gasteiger partial charge in [0.1, 0.15) is 0 Å². The number of nitrogens with one attached hydrogen (secondary N) is 2. The van der Waals surface area contributed by atoms with Gasteiger partial charge in [-0.25, -0.2) is 0 Å². The zero-order valence-corrected chi connectivity index (χ0v) is 13.0. The van der Waals surface area contributed by atoms with Crippen molar-refractivity contribution in [2.45, 2.75) is 38.3 Å². The number of hydrogen-bond acceptors (Lipinski definition) is 4. The number of aryl methyl sites for hydroxylation is 1. The summed E-state index contributed by atoms with van der Waals surface area (Å²) in [6, 6.07) is 7.22. The normalized spacial score (nSPS) is 11.9. The van der Waals surface area contributed by atoms with Crippen LogP contribution < -0.4 is 4.72 Å². The first-order valence-corrected chi connectivity index (χ1v) is 8.11. The van der Waals surface area contributed by atoms with Gasteiger partial charge < -0.3 is 5.11 Å². The number of benzene rings is 1. The van der Waals surface area contributed by atoms with Crippen LogP contribution >= 0.6 is 0 Å². The van der Waals surface area contributed by atoms with E-state index >= 15 is 0 Å². The van der Waals surface area contributed by atoms with Gasteiger partial charge in [-0.05, 0) is 30.5 Å². The van der Waals surface area contributed by atoms with Crippen LogP contribution in [0.2, 0.25) is 0 Å². The second-order valence-electron chi connectivity index (χ2n) is 5.18. The van der Waals surface area contributed by atoms with Gasteiger partial charge in [-0.2, -0.15) is 13.5 Å². The molecule has 3 N–H and O–H groups in total. The molecule has 2 aromatic rings. The van der Waals surface area contributed by atoms with Crippen LogP contribution in [0.25, 0.3) is 0 Å². The molecule has 0 spiro atoms. The van der Waals surface area contributed by atoms with Crippen LogP contribution in [-0.4, -0.2) is 23.7 Å². The first-order valence-electron chi connectivity index (χ1n) is 6.62. The summed E-state index contributed by atoms with van der Waals surface area (Å²) < 4.78 is 27.2. The Bertz CT molecular complexity index is 736. The van der Waals surface area contributed by atoms with E-state index < -0.39 is 10.0 Å². The Morgan fingerprint density at radius 3 is 2.71 bits per heavy atom. The van der Waals surface area contributed by atoms with Crippen LogP contribution in [0.5, 0.6) is 0 Å². The van der Waals surface area contributed by atoms with Gasteiger partial charge >= 0.3 is 0 Å². The van der Waals surface area contributed by atoms with Gasteiger partial charge in [0.2, 0.25) is 5.03 Å². The van der Waals surface area contributed by atoms with Gasteiger partial charge in [0, 0.05) is 16.9 Å². The summed E-state index contributed by atoms with van der Waals surface area (Å²) in [4.78, 5) is 0. The Morgan fingerprint density at radius 1 is 1.38 bits per heavy atom. The molecule has 0 amide bonds. The van der Waals surface area contributed by atoms with Gasteiger partial charge in [-0.1, -0.05) is 26.0 Å². The molecule has 1 aromatic carbocycles. The zero-order chi connectivity index (χ0) is 15.6. The Balaban J connectivity index is 2.35. The molecule has 7 heteroatoms. The highest BCUT2D eigenvalue weighted by Gasteiger charge is 2.23. The number of aromatic nitrogens is 2. The second kappa shape index (κ2) is 5.87. The van der Waals surface area contributed by atoms with Crippen LogP contribution in [0, 0.1) is 6.92 Å². The predicted molar refractivity (Wildman–Crippen MR) is 80.6 cm³/mol. The van der Waals surface area contributed by atoms with Gasteiger partial charge in [-0.15, -0.1) is 0 Å². The average molecular weight is 309 g/mol. The number of hydrogen-bond donors (Lipinski definition) is 3. The molecule has 21 heavy (non-hydrogen) atoms. The lowest BCUT2D eigenvalue weighted by Gasteiger charge is -2.10. The lowest BCUT2D eigenvalue weighted by Crippen LogP contribution is -2.15. The summed E-state index contributed by atoms with van der Waals surface area (Å²) in [7, 11) is -3.83. The summed E-state index contributed by atoms with van der Waals surface area (Å²) >= 11 is 0. The number of anilines is 1. The van der Waals surface area contributed by atoms with Crippen LogP contribution in [0.15, 0.2) is 29.3 Å². The SMILES string of the molecule is Cc1[nH]nc(S(=O)(=O)Nc2cccc(C(C)C)c2)c1CO. The third-order valence-electron chi connectivity index (χ3n) is 3.25. The maximum Gasteiger partial charge on any atom is 0.281 e. The smallest absolute Gasteiger partial charge is 0.281 e. The van der Waals surface area contributed by atoms with Crippen LogP contribution in [0.4, 0.5) is 5.69 Å². The molecule has 1 aromatic heterocycles. The molecule has 114 valence electrons. The molecule has 6 nitrogen and oxygen atoms in total. The van der Waals surface area contributed by atoms with Crippen molar-refractivity contribution in [3.8, 4) is 0 Å². The van der Waals surface area contributed by atoms with Crippen molar-refractivity contribution >= 4 is 15.7 Å². The van der Waals surface area contributed by atoms with Crippen LogP contribution in [-0.2, 0) is 16.6 Å². The zero-order valence-electron chi connectivity index (χ0n) is 12.2. The molecule has 0 unspecified atom stereocenters. The average Bonchev–Trinajstić information content (AvgIpc) is 2.80. The Labute approximate surface area is 124 Å². The first kappa shape index (κ1) is 15.5. The van der Waals surface area contributed by atoms with E-state index in [2.05, 4.69) is 14.9 Å². The van der Waals surface area contributed by atoms with Crippen molar-refractivity contribution in [2.24, 2.45) is 0 Å². The van der Waals surface area contributed by atoms with Crippen molar-refractivity contribution in [3.63, 3.8) is 0 Å². The van der Waals surface area contributed by atoms with Gasteiger partial charge in [0.05, 0.1) is 6.61 Å². The molecule has 1 heterocycles. The van der Waals surface area contributed by atoms with Crippen molar-refractivity contribution in [2.75, 3.05) is 4.72 Å². The highest BCUT2D eigenvalue weighted by atomic mass is 32.2. The van der Waals surface area contributed by atoms with Crippen LogP contribution in [0.1, 0.15) is 36.6 Å². The maximum atomic E-state index is 12.4. The van der Waals surface area contributed by atoms with E-state index in [0.717, 1.165) is 5.56 Å². The third-order valence-corrected chi connectivity index (χ3v) is 4.61. The molecule has 0 aliphatic rings. The summed E-state index contributed by atoms with van der Waals surface area (Å²) in [5.74, 6) is 0.301. The predicted octanol–water partition coefficient (Wildman–Crippen LogP) is 2.13. The minimum Gasteiger partial charge on any atom is -0.392 e. The summed E-state index contributed by atoms with van der Waals surface area (Å²) in [6.45, 7) is 5.35. The molecule has 0 aliphatic carbocycles. The topological polar surface area (TPSA) is 95.1 Å². The van der Waals surface area contributed by atoms with Crippen LogP contribution in [0.3, 0.4) is 0 Å². The molecule has 0 radical (unpaired) electrons. The highest BCUT2D eigenvalue weighted by Crippen LogP contribution is 2.23. The monoisotopic (exact) mass is 309 g/mol. The minimum atomic E-state index is -3.83. The summed E-state index contributed by atoms with van der Waals surface area (Å²) in [5, 5.41) is 15.5. The largest absolute Gasteiger partial charge is 0.392 e. The molecule has 0 saturated heterocycles. The Kier molecular flexibility index (Phi) is 4.34. The molecule has 0 aliphatic heterocycles. The number of sulfonamides is 1. The van der Waals surface area contributed by atoms with Crippen molar-refractivity contribution < 1.29 is 13.5 Å². The minimum absolute atomic E-state index is 0.169. The third kappa shape index (κ3) is 3.25. The number of rotatable bonds is 5. The van der Waals surface area contributed by atoms with Crippen molar-refractivity contribution in [1.29, 1.82) is 0 Å². The van der Waals surface area contributed by atoms with E-state index in [4.69, 9.17) is 0 Å². The molecule has 0 atom stereocenters. The number of aliphatic hydroxyl groups excluding tert-OH is 1. The maximum absolute atomic E-state index is 12.4. The van der Waals surface area contributed by atoms with E-state index in [-0.39, 0.29) is 17.2 Å². The fourth-order valence-electron chi connectivity index (χ4n) is 2.00. The van der Waals surface area contributed by atoms with E-state index in [1.54, 1.807) is 25.1 Å². The second-order valence-corrected chi connectivity index (χ2v) is 6.77. The Hall–Kier alpha value is -1.86. The number of aromatic amines is 1. The number of H-pyrrole nitrogens is 1. The molecule has 0 saturated carbocycles. The number of nitrogens with zero attached hydrogens (tertiary/aromatic N) is 1. The first-order chi connectivity index (χ1) is 9.85. The van der Waals surface area contributed by atoms with E-state index in [0.29, 0.717) is 17.3 Å².